The van der Waals surface area contributed by atoms with Crippen molar-refractivity contribution in [2.45, 2.75) is 12.8 Å². The number of aromatic amines is 1. The molecule has 0 saturated carbocycles. The van der Waals surface area contributed by atoms with Crippen molar-refractivity contribution in [2.75, 3.05) is 6.61 Å². The number of hydrogen-bond donors (Lipinski definition) is 2. The predicted octanol–water partition coefficient (Wildman–Crippen LogP) is -0.712. The van der Waals surface area contributed by atoms with Crippen LogP contribution in [0.25, 0.3) is 0 Å². The number of aryl methyl sites for hydroxylation is 1. The maximum Gasteiger partial charge on any atom is 0.438 e. The molecule has 0 fully saturated rings. The van der Waals surface area contributed by atoms with E-state index in [2.05, 4.69) is 14.7 Å². The molecule has 0 atom stereocenters. The van der Waals surface area contributed by atoms with Gasteiger partial charge in [0.25, 0.3) is 0 Å². The molecule has 0 aliphatic carbocycles. The van der Waals surface area contributed by atoms with Gasteiger partial charge in [0.15, 0.2) is 5.82 Å². The Labute approximate surface area is 56.7 Å². The highest BCUT2D eigenvalue weighted by molar-refractivity contribution is 4.77. The zero-order valence-electron chi connectivity index (χ0n) is 5.33. The van der Waals surface area contributed by atoms with Gasteiger partial charge in [0.1, 0.15) is 0 Å². The highest BCUT2D eigenvalue weighted by Crippen LogP contribution is 1.89. The van der Waals surface area contributed by atoms with Crippen LogP contribution in [0.2, 0.25) is 0 Å². The van der Waals surface area contributed by atoms with Gasteiger partial charge in [-0.05, 0) is 6.42 Å². The van der Waals surface area contributed by atoms with E-state index in [-0.39, 0.29) is 6.61 Å². The molecule has 1 rings (SSSR count). The lowest BCUT2D eigenvalue weighted by Crippen LogP contribution is -1.98. The maximum absolute atomic E-state index is 10.3. The molecule has 1 aromatic heterocycles. The SMILES string of the molecule is O=c1[nH]c(CCCO)no1. The Morgan fingerprint density at radius 2 is 2.50 bits per heavy atom. The summed E-state index contributed by atoms with van der Waals surface area (Å²) in [5.74, 6) is -0.0630. The average Bonchev–Trinajstić information content (AvgIpc) is 2.31. The minimum atomic E-state index is -0.548. The van der Waals surface area contributed by atoms with E-state index < -0.39 is 5.76 Å². The summed E-state index contributed by atoms with van der Waals surface area (Å²) in [6.07, 6.45) is 1.13. The molecule has 56 valence electrons. The lowest BCUT2D eigenvalue weighted by molar-refractivity contribution is 0.286. The van der Waals surface area contributed by atoms with Crippen LogP contribution in [0.15, 0.2) is 9.32 Å². The number of hydrogen-bond acceptors (Lipinski definition) is 4. The minimum absolute atomic E-state index is 0.0922. The van der Waals surface area contributed by atoms with Crippen molar-refractivity contribution in [3.8, 4) is 0 Å². The molecule has 0 amide bonds. The first kappa shape index (κ1) is 7.01. The number of aliphatic hydroxyl groups is 1. The molecule has 2 N–H and O–H groups in total. The molecule has 1 heterocycles. The van der Waals surface area contributed by atoms with Crippen LogP contribution in [-0.2, 0) is 6.42 Å². The zero-order chi connectivity index (χ0) is 7.40. The molecule has 10 heavy (non-hydrogen) atoms. The highest BCUT2D eigenvalue weighted by atomic mass is 16.5. The Morgan fingerprint density at radius 1 is 1.70 bits per heavy atom. The second-order valence-corrected chi connectivity index (χ2v) is 1.87. The Kier molecular flexibility index (Phi) is 2.22. The Hall–Kier alpha value is -1.10. The van der Waals surface area contributed by atoms with Gasteiger partial charge in [-0.1, -0.05) is 5.16 Å². The summed E-state index contributed by atoms with van der Waals surface area (Å²) in [5, 5.41) is 11.8. The summed E-state index contributed by atoms with van der Waals surface area (Å²) in [4.78, 5) is 12.7. The van der Waals surface area contributed by atoms with Crippen molar-refractivity contribution in [3.05, 3.63) is 16.4 Å². The number of nitrogens with one attached hydrogen (secondary N) is 1. The first-order valence-corrected chi connectivity index (χ1v) is 2.98. The zero-order valence-corrected chi connectivity index (χ0v) is 5.33. The summed E-state index contributed by atoms with van der Waals surface area (Å²) in [6, 6.07) is 0. The summed E-state index contributed by atoms with van der Waals surface area (Å²) in [7, 11) is 0. The van der Waals surface area contributed by atoms with Crippen molar-refractivity contribution in [1.82, 2.24) is 10.1 Å². The van der Waals surface area contributed by atoms with Crippen LogP contribution in [0.4, 0.5) is 0 Å². The largest absolute Gasteiger partial charge is 0.438 e. The van der Waals surface area contributed by atoms with Crippen molar-refractivity contribution in [1.29, 1.82) is 0 Å². The standard InChI is InChI=1S/C5H8N2O3/c8-3-1-2-4-6-5(9)10-7-4/h8H,1-3H2,(H,6,7,9). The number of aromatic nitrogens is 2. The highest BCUT2D eigenvalue weighted by Gasteiger charge is 1.97. The second-order valence-electron chi connectivity index (χ2n) is 1.87. The molecule has 0 bridgehead atoms. The van der Waals surface area contributed by atoms with Gasteiger partial charge >= 0.3 is 5.76 Å². The van der Waals surface area contributed by atoms with Crippen molar-refractivity contribution < 1.29 is 9.63 Å². The van der Waals surface area contributed by atoms with E-state index in [4.69, 9.17) is 5.11 Å². The molecular weight excluding hydrogens is 136 g/mol. The van der Waals surface area contributed by atoms with Crippen LogP contribution >= 0.6 is 0 Å². The third kappa shape index (κ3) is 1.70. The molecular formula is C5H8N2O3. The van der Waals surface area contributed by atoms with Crippen molar-refractivity contribution in [3.63, 3.8) is 0 Å². The number of nitrogens with zero attached hydrogens (tertiary/aromatic N) is 1. The predicted molar refractivity (Wildman–Crippen MR) is 32.5 cm³/mol. The van der Waals surface area contributed by atoms with E-state index >= 15 is 0 Å². The summed E-state index contributed by atoms with van der Waals surface area (Å²) in [5.41, 5.74) is 0. The first-order chi connectivity index (χ1) is 4.83. The van der Waals surface area contributed by atoms with Gasteiger partial charge in [-0.2, -0.15) is 0 Å². The lowest BCUT2D eigenvalue weighted by atomic mass is 10.3. The van der Waals surface area contributed by atoms with E-state index in [0.717, 1.165) is 0 Å². The maximum atomic E-state index is 10.3. The van der Waals surface area contributed by atoms with Crippen LogP contribution in [0, 0.1) is 0 Å². The molecule has 0 aliphatic heterocycles. The summed E-state index contributed by atoms with van der Waals surface area (Å²) in [6.45, 7) is 0.0922. The third-order valence-electron chi connectivity index (χ3n) is 1.06. The summed E-state index contributed by atoms with van der Waals surface area (Å²) < 4.78 is 4.22. The smallest absolute Gasteiger partial charge is 0.396 e. The molecule has 0 aromatic carbocycles. The van der Waals surface area contributed by atoms with Gasteiger partial charge in [-0.25, -0.2) is 4.79 Å². The Balaban J connectivity index is 2.50. The van der Waals surface area contributed by atoms with E-state index in [0.29, 0.717) is 18.7 Å². The van der Waals surface area contributed by atoms with Gasteiger partial charge in [0, 0.05) is 13.0 Å². The fraction of sp³-hybridized carbons (Fsp3) is 0.600. The van der Waals surface area contributed by atoms with E-state index in [1.54, 1.807) is 0 Å². The van der Waals surface area contributed by atoms with Crippen LogP contribution in [0.3, 0.4) is 0 Å². The minimum Gasteiger partial charge on any atom is -0.396 e. The van der Waals surface area contributed by atoms with Gasteiger partial charge in [0.05, 0.1) is 0 Å². The normalized spacial score (nSPS) is 10.1. The number of H-pyrrole nitrogens is 1. The molecule has 5 nitrogen and oxygen atoms in total. The lowest BCUT2D eigenvalue weighted by Gasteiger charge is -1.87. The van der Waals surface area contributed by atoms with Crippen LogP contribution in [-0.4, -0.2) is 21.9 Å². The molecule has 0 spiro atoms. The van der Waals surface area contributed by atoms with Crippen LogP contribution in [0.1, 0.15) is 12.2 Å². The molecule has 0 unspecified atom stereocenters. The molecule has 0 radical (unpaired) electrons. The fourth-order valence-corrected chi connectivity index (χ4v) is 0.615. The molecule has 1 aromatic rings. The monoisotopic (exact) mass is 144 g/mol. The Morgan fingerprint density at radius 3 is 3.00 bits per heavy atom. The van der Waals surface area contributed by atoms with Crippen LogP contribution < -0.4 is 5.76 Å². The van der Waals surface area contributed by atoms with Gasteiger partial charge in [-0.15, -0.1) is 0 Å². The first-order valence-electron chi connectivity index (χ1n) is 2.98. The quantitative estimate of drug-likeness (QED) is 0.587. The summed E-state index contributed by atoms with van der Waals surface area (Å²) >= 11 is 0. The second kappa shape index (κ2) is 3.17. The number of rotatable bonds is 3. The van der Waals surface area contributed by atoms with Gasteiger partial charge < -0.3 is 5.11 Å². The molecule has 5 heteroatoms. The van der Waals surface area contributed by atoms with Gasteiger partial charge in [0.2, 0.25) is 0 Å². The topological polar surface area (TPSA) is 79.1 Å². The fourth-order valence-electron chi connectivity index (χ4n) is 0.615. The van der Waals surface area contributed by atoms with Crippen LogP contribution in [0.5, 0.6) is 0 Å². The van der Waals surface area contributed by atoms with E-state index in [1.165, 1.54) is 0 Å². The average molecular weight is 144 g/mol. The Bertz CT molecular complexity index is 239. The molecule has 0 aliphatic rings. The van der Waals surface area contributed by atoms with E-state index in [9.17, 15) is 4.79 Å². The van der Waals surface area contributed by atoms with E-state index in [1.807, 2.05) is 0 Å². The van der Waals surface area contributed by atoms with Crippen molar-refractivity contribution >= 4 is 0 Å². The molecule has 0 saturated heterocycles. The van der Waals surface area contributed by atoms with Crippen molar-refractivity contribution in [2.24, 2.45) is 0 Å². The third-order valence-corrected chi connectivity index (χ3v) is 1.06. The number of aliphatic hydroxyl groups excluding tert-OH is 1. The van der Waals surface area contributed by atoms with Gasteiger partial charge in [-0.3, -0.25) is 9.51 Å².